The SMILES string of the molecule is O=C(/C=C/c1ccc2c(c1)OCO2)N1CCn2c(nnc2C(F)(F)F)C1. The standard InChI is InChI=1S/C16H13F3N4O3/c17-16(18,19)15-21-20-13-8-22(5-6-23(13)15)14(24)4-2-10-1-3-11-12(7-10)26-9-25-11/h1-4,7H,5-6,8-9H2/b4-2+. The van der Waals surface area contributed by atoms with Crippen LogP contribution in [-0.4, -0.2) is 38.9 Å². The Morgan fingerprint density at radius 1 is 1.15 bits per heavy atom. The van der Waals surface area contributed by atoms with Crippen LogP contribution in [0.25, 0.3) is 6.08 Å². The van der Waals surface area contributed by atoms with Crippen molar-refractivity contribution in [1.29, 1.82) is 0 Å². The molecule has 0 spiro atoms. The lowest BCUT2D eigenvalue weighted by molar-refractivity contribution is -0.148. The van der Waals surface area contributed by atoms with Gasteiger partial charge in [-0.15, -0.1) is 10.2 Å². The fourth-order valence-corrected chi connectivity index (χ4v) is 2.85. The first kappa shape index (κ1) is 16.4. The maximum Gasteiger partial charge on any atom is 0.451 e. The van der Waals surface area contributed by atoms with Crippen LogP contribution in [-0.2, 0) is 24.1 Å². The molecule has 1 aromatic carbocycles. The van der Waals surface area contributed by atoms with Crippen molar-refractivity contribution in [3.05, 3.63) is 41.5 Å². The Morgan fingerprint density at radius 3 is 2.77 bits per heavy atom. The second-order valence-electron chi connectivity index (χ2n) is 5.80. The van der Waals surface area contributed by atoms with E-state index >= 15 is 0 Å². The quantitative estimate of drug-likeness (QED) is 0.762. The van der Waals surface area contributed by atoms with E-state index in [-0.39, 0.29) is 38.2 Å². The summed E-state index contributed by atoms with van der Waals surface area (Å²) in [6.45, 7) is 0.294. The Bertz CT molecular complexity index is 891. The minimum absolute atomic E-state index is 0.000774. The number of fused-ring (bicyclic) bond motifs is 2. The van der Waals surface area contributed by atoms with Gasteiger partial charge >= 0.3 is 6.18 Å². The Balaban J connectivity index is 1.46. The second kappa shape index (κ2) is 6.04. The van der Waals surface area contributed by atoms with Crippen molar-refractivity contribution in [1.82, 2.24) is 19.7 Å². The van der Waals surface area contributed by atoms with Gasteiger partial charge in [-0.25, -0.2) is 0 Å². The lowest BCUT2D eigenvalue weighted by Crippen LogP contribution is -2.38. The third-order valence-electron chi connectivity index (χ3n) is 4.13. The summed E-state index contributed by atoms with van der Waals surface area (Å²) in [4.78, 5) is 13.7. The van der Waals surface area contributed by atoms with Gasteiger partial charge in [0.15, 0.2) is 17.3 Å². The van der Waals surface area contributed by atoms with E-state index < -0.39 is 12.0 Å². The molecule has 3 heterocycles. The number of hydrogen-bond acceptors (Lipinski definition) is 5. The van der Waals surface area contributed by atoms with Gasteiger partial charge in [-0.2, -0.15) is 13.2 Å². The predicted molar refractivity (Wildman–Crippen MR) is 82.0 cm³/mol. The Hall–Kier alpha value is -3.04. The first-order valence-corrected chi connectivity index (χ1v) is 7.78. The van der Waals surface area contributed by atoms with E-state index in [1.165, 1.54) is 11.0 Å². The Labute approximate surface area is 145 Å². The lowest BCUT2D eigenvalue weighted by atomic mass is 10.2. The smallest absolute Gasteiger partial charge is 0.451 e. The van der Waals surface area contributed by atoms with Crippen molar-refractivity contribution in [2.24, 2.45) is 0 Å². The zero-order valence-corrected chi connectivity index (χ0v) is 13.4. The zero-order chi connectivity index (χ0) is 18.3. The van der Waals surface area contributed by atoms with Gasteiger partial charge in [-0.3, -0.25) is 4.79 Å². The molecule has 0 fully saturated rings. The van der Waals surface area contributed by atoms with Gasteiger partial charge in [0.25, 0.3) is 0 Å². The second-order valence-corrected chi connectivity index (χ2v) is 5.80. The van der Waals surface area contributed by atoms with Gasteiger partial charge in [0.05, 0.1) is 6.54 Å². The van der Waals surface area contributed by atoms with Crippen LogP contribution in [0.15, 0.2) is 24.3 Å². The van der Waals surface area contributed by atoms with Crippen LogP contribution in [0.1, 0.15) is 17.2 Å². The van der Waals surface area contributed by atoms with Gasteiger partial charge in [-0.05, 0) is 23.8 Å². The first-order chi connectivity index (χ1) is 12.4. The van der Waals surface area contributed by atoms with Crippen LogP contribution in [0.4, 0.5) is 13.2 Å². The Morgan fingerprint density at radius 2 is 1.96 bits per heavy atom. The molecule has 26 heavy (non-hydrogen) atoms. The number of ether oxygens (including phenoxy) is 2. The molecule has 10 heteroatoms. The van der Waals surface area contributed by atoms with Crippen molar-refractivity contribution >= 4 is 12.0 Å². The summed E-state index contributed by atoms with van der Waals surface area (Å²) in [6.07, 6.45) is -1.57. The van der Waals surface area contributed by atoms with E-state index in [2.05, 4.69) is 10.2 Å². The van der Waals surface area contributed by atoms with Crippen LogP contribution in [0.3, 0.4) is 0 Å². The van der Waals surface area contributed by atoms with Gasteiger partial charge in [0.2, 0.25) is 18.5 Å². The molecule has 0 atom stereocenters. The summed E-state index contributed by atoms with van der Waals surface area (Å²) < 4.78 is 50.0. The van der Waals surface area contributed by atoms with Crippen LogP contribution >= 0.6 is 0 Å². The molecule has 4 rings (SSSR count). The summed E-state index contributed by atoms with van der Waals surface area (Å²) in [7, 11) is 0. The van der Waals surface area contributed by atoms with Gasteiger partial charge < -0.3 is 18.9 Å². The minimum Gasteiger partial charge on any atom is -0.454 e. The van der Waals surface area contributed by atoms with Gasteiger partial charge in [0.1, 0.15) is 0 Å². The zero-order valence-electron chi connectivity index (χ0n) is 13.4. The van der Waals surface area contributed by atoms with E-state index in [0.29, 0.717) is 11.5 Å². The molecular weight excluding hydrogens is 353 g/mol. The average molecular weight is 366 g/mol. The summed E-state index contributed by atoms with van der Waals surface area (Å²) in [6, 6.07) is 5.27. The number of halogens is 3. The van der Waals surface area contributed by atoms with Crippen molar-refractivity contribution < 1.29 is 27.4 Å². The molecular formula is C16H13F3N4O3. The van der Waals surface area contributed by atoms with Crippen molar-refractivity contribution in [2.45, 2.75) is 19.3 Å². The van der Waals surface area contributed by atoms with Crippen molar-refractivity contribution in [3.63, 3.8) is 0 Å². The molecule has 136 valence electrons. The number of carbonyl (C=O) groups is 1. The normalized spacial score (nSPS) is 16.2. The van der Waals surface area contributed by atoms with E-state index in [4.69, 9.17) is 9.47 Å². The number of hydrogen-bond donors (Lipinski definition) is 0. The fraction of sp³-hybridized carbons (Fsp3) is 0.312. The third-order valence-corrected chi connectivity index (χ3v) is 4.13. The highest BCUT2D eigenvalue weighted by Gasteiger charge is 2.39. The molecule has 0 saturated carbocycles. The van der Waals surface area contributed by atoms with Crippen molar-refractivity contribution in [2.75, 3.05) is 13.3 Å². The molecule has 1 amide bonds. The average Bonchev–Trinajstić information content (AvgIpc) is 3.24. The number of carbonyl (C=O) groups excluding carboxylic acids is 1. The van der Waals surface area contributed by atoms with E-state index in [1.807, 2.05) is 0 Å². The minimum atomic E-state index is -4.56. The highest BCUT2D eigenvalue weighted by Crippen LogP contribution is 2.33. The van der Waals surface area contributed by atoms with Crippen LogP contribution in [0.5, 0.6) is 11.5 Å². The monoisotopic (exact) mass is 366 g/mol. The molecule has 0 unspecified atom stereocenters. The maximum atomic E-state index is 12.8. The first-order valence-electron chi connectivity index (χ1n) is 7.78. The molecule has 0 bridgehead atoms. The number of nitrogens with zero attached hydrogens (tertiary/aromatic N) is 4. The number of rotatable bonds is 2. The summed E-state index contributed by atoms with van der Waals surface area (Å²) in [5.74, 6) is 0.0176. The molecule has 1 aromatic heterocycles. The Kier molecular flexibility index (Phi) is 3.82. The van der Waals surface area contributed by atoms with Gasteiger partial charge in [0, 0.05) is 19.2 Å². The number of aromatic nitrogens is 3. The van der Waals surface area contributed by atoms with Crippen molar-refractivity contribution in [3.8, 4) is 11.5 Å². The lowest BCUT2D eigenvalue weighted by Gasteiger charge is -2.27. The highest BCUT2D eigenvalue weighted by atomic mass is 19.4. The summed E-state index contributed by atoms with van der Waals surface area (Å²) in [5, 5.41) is 6.75. The van der Waals surface area contributed by atoms with Crippen LogP contribution in [0, 0.1) is 0 Å². The molecule has 2 aliphatic rings. The fourth-order valence-electron chi connectivity index (χ4n) is 2.85. The topological polar surface area (TPSA) is 69.5 Å². The van der Waals surface area contributed by atoms with E-state index in [1.54, 1.807) is 24.3 Å². The van der Waals surface area contributed by atoms with E-state index in [9.17, 15) is 18.0 Å². The largest absolute Gasteiger partial charge is 0.454 e. The summed E-state index contributed by atoms with van der Waals surface area (Å²) in [5.41, 5.74) is 0.752. The van der Waals surface area contributed by atoms with E-state index in [0.717, 1.165) is 10.1 Å². The van der Waals surface area contributed by atoms with Crippen LogP contribution < -0.4 is 9.47 Å². The molecule has 0 radical (unpaired) electrons. The number of amides is 1. The molecule has 0 N–H and O–H groups in total. The maximum absolute atomic E-state index is 12.8. The third kappa shape index (κ3) is 2.98. The number of alkyl halides is 3. The predicted octanol–water partition coefficient (Wildman–Crippen LogP) is 2.08. The highest BCUT2D eigenvalue weighted by molar-refractivity contribution is 5.91. The molecule has 2 aliphatic heterocycles. The number of benzene rings is 1. The summed E-state index contributed by atoms with van der Waals surface area (Å²) >= 11 is 0. The molecule has 0 aliphatic carbocycles. The van der Waals surface area contributed by atoms with Gasteiger partial charge in [-0.1, -0.05) is 6.07 Å². The molecule has 2 aromatic rings. The molecule has 0 saturated heterocycles. The van der Waals surface area contributed by atoms with Crippen LogP contribution in [0.2, 0.25) is 0 Å². The molecule has 7 nitrogen and oxygen atoms in total.